The highest BCUT2D eigenvalue weighted by atomic mass is 16.5. The van der Waals surface area contributed by atoms with E-state index in [9.17, 15) is 9.59 Å². The molecule has 0 aliphatic carbocycles. The SMILES string of the molecule is COc1cccc(CN(C(=O)COc2cccc3ccccc23)[C@@H](C)C(=O)NC(C)(C)C)c1. The van der Waals surface area contributed by atoms with Gasteiger partial charge in [0.2, 0.25) is 5.91 Å². The molecule has 0 aromatic heterocycles. The van der Waals surface area contributed by atoms with Crippen LogP contribution in [0.3, 0.4) is 0 Å². The topological polar surface area (TPSA) is 67.9 Å². The highest BCUT2D eigenvalue weighted by Crippen LogP contribution is 2.25. The lowest BCUT2D eigenvalue weighted by Crippen LogP contribution is -2.53. The van der Waals surface area contributed by atoms with Crippen molar-refractivity contribution in [2.75, 3.05) is 13.7 Å². The standard InChI is InChI=1S/C27H32N2O4/c1-19(26(31)28-27(2,3)4)29(17-20-10-8-13-22(16-20)32-5)25(30)18-33-24-15-9-12-21-11-6-7-14-23(21)24/h6-16,19H,17-18H2,1-5H3,(H,28,31)/t19-/m0/s1. The number of rotatable bonds is 8. The smallest absolute Gasteiger partial charge is 0.261 e. The molecule has 0 fully saturated rings. The molecule has 6 heteroatoms. The minimum atomic E-state index is -0.681. The summed E-state index contributed by atoms with van der Waals surface area (Å²) < 4.78 is 11.2. The second-order valence-corrected chi connectivity index (χ2v) is 9.05. The molecule has 6 nitrogen and oxygen atoms in total. The Kier molecular flexibility index (Phi) is 7.59. The van der Waals surface area contributed by atoms with Crippen molar-refractivity contribution in [3.05, 3.63) is 72.3 Å². The van der Waals surface area contributed by atoms with Crippen LogP contribution in [-0.2, 0) is 16.1 Å². The third-order valence-corrected chi connectivity index (χ3v) is 5.25. The summed E-state index contributed by atoms with van der Waals surface area (Å²) in [6.07, 6.45) is 0. The minimum Gasteiger partial charge on any atom is -0.497 e. The molecule has 2 amide bonds. The van der Waals surface area contributed by atoms with Crippen LogP contribution >= 0.6 is 0 Å². The summed E-state index contributed by atoms with van der Waals surface area (Å²) in [5, 5.41) is 4.93. The number of hydrogen-bond donors (Lipinski definition) is 1. The van der Waals surface area contributed by atoms with Crippen molar-refractivity contribution < 1.29 is 19.1 Å². The molecule has 0 radical (unpaired) electrons. The zero-order chi connectivity index (χ0) is 24.0. The second kappa shape index (κ2) is 10.4. The van der Waals surface area contributed by atoms with Crippen LogP contribution in [0.4, 0.5) is 0 Å². The first-order valence-corrected chi connectivity index (χ1v) is 11.0. The van der Waals surface area contributed by atoms with Crippen LogP contribution in [0.25, 0.3) is 10.8 Å². The van der Waals surface area contributed by atoms with Crippen molar-refractivity contribution in [1.82, 2.24) is 10.2 Å². The Morgan fingerprint density at radius 3 is 2.42 bits per heavy atom. The number of nitrogens with one attached hydrogen (secondary N) is 1. The van der Waals surface area contributed by atoms with Gasteiger partial charge in [0.1, 0.15) is 17.5 Å². The highest BCUT2D eigenvalue weighted by molar-refractivity contribution is 5.90. The lowest BCUT2D eigenvalue weighted by molar-refractivity contribution is -0.142. The number of ether oxygens (including phenoxy) is 2. The third-order valence-electron chi connectivity index (χ3n) is 5.25. The molecule has 3 aromatic carbocycles. The van der Waals surface area contributed by atoms with Gasteiger partial charge in [-0.2, -0.15) is 0 Å². The number of carbonyl (C=O) groups is 2. The van der Waals surface area contributed by atoms with Gasteiger partial charge in [-0.3, -0.25) is 9.59 Å². The van der Waals surface area contributed by atoms with E-state index in [4.69, 9.17) is 9.47 Å². The Balaban J connectivity index is 1.82. The molecule has 174 valence electrons. The number of methoxy groups -OCH3 is 1. The normalized spacial score (nSPS) is 12.2. The maximum Gasteiger partial charge on any atom is 0.261 e. The van der Waals surface area contributed by atoms with Crippen LogP contribution in [0.1, 0.15) is 33.3 Å². The molecular weight excluding hydrogens is 416 g/mol. The molecule has 0 saturated carbocycles. The first-order valence-electron chi connectivity index (χ1n) is 11.0. The van der Waals surface area contributed by atoms with Gasteiger partial charge in [0, 0.05) is 17.5 Å². The van der Waals surface area contributed by atoms with Gasteiger partial charge in [-0.25, -0.2) is 0 Å². The molecule has 0 spiro atoms. The molecule has 0 unspecified atom stereocenters. The van der Waals surface area contributed by atoms with Gasteiger partial charge < -0.3 is 19.7 Å². The summed E-state index contributed by atoms with van der Waals surface area (Å²) in [5.74, 6) is 0.833. The number of fused-ring (bicyclic) bond motifs is 1. The zero-order valence-corrected chi connectivity index (χ0v) is 19.9. The molecule has 0 saturated heterocycles. The van der Waals surface area contributed by atoms with Crippen molar-refractivity contribution in [1.29, 1.82) is 0 Å². The first-order chi connectivity index (χ1) is 15.7. The number of benzene rings is 3. The molecule has 0 aliphatic heterocycles. The minimum absolute atomic E-state index is 0.175. The molecule has 3 rings (SSSR count). The Bertz CT molecular complexity index is 1120. The molecule has 3 aromatic rings. The van der Waals surface area contributed by atoms with Crippen LogP contribution in [-0.4, -0.2) is 42.0 Å². The van der Waals surface area contributed by atoms with E-state index in [0.29, 0.717) is 11.5 Å². The summed E-state index contributed by atoms with van der Waals surface area (Å²) in [6, 6.07) is 20.4. The zero-order valence-electron chi connectivity index (χ0n) is 19.9. The number of carbonyl (C=O) groups excluding carboxylic acids is 2. The van der Waals surface area contributed by atoms with Gasteiger partial charge in [-0.05, 0) is 56.8 Å². The van der Waals surface area contributed by atoms with E-state index in [2.05, 4.69) is 5.32 Å². The van der Waals surface area contributed by atoms with Crippen molar-refractivity contribution in [3.63, 3.8) is 0 Å². The first kappa shape index (κ1) is 24.1. The maximum atomic E-state index is 13.3. The van der Waals surface area contributed by atoms with E-state index >= 15 is 0 Å². The molecule has 0 aliphatic rings. The van der Waals surface area contributed by atoms with Crippen molar-refractivity contribution >= 4 is 22.6 Å². The van der Waals surface area contributed by atoms with Crippen LogP contribution in [0.15, 0.2) is 66.7 Å². The lowest BCUT2D eigenvalue weighted by Gasteiger charge is -2.31. The monoisotopic (exact) mass is 448 g/mol. The van der Waals surface area contributed by atoms with Gasteiger partial charge in [0.05, 0.1) is 7.11 Å². The molecule has 0 bridgehead atoms. The van der Waals surface area contributed by atoms with E-state index in [1.807, 2.05) is 87.5 Å². The Morgan fingerprint density at radius 2 is 1.70 bits per heavy atom. The summed E-state index contributed by atoms with van der Waals surface area (Å²) in [7, 11) is 1.60. The van der Waals surface area contributed by atoms with E-state index in [1.54, 1.807) is 18.9 Å². The fraction of sp³-hybridized carbons (Fsp3) is 0.333. The van der Waals surface area contributed by atoms with Gasteiger partial charge in [-0.1, -0.05) is 48.5 Å². The van der Waals surface area contributed by atoms with Crippen LogP contribution in [0.5, 0.6) is 11.5 Å². The van der Waals surface area contributed by atoms with Crippen molar-refractivity contribution in [2.45, 2.75) is 45.8 Å². The summed E-state index contributed by atoms with van der Waals surface area (Å²) in [5.41, 5.74) is 0.457. The van der Waals surface area contributed by atoms with Crippen LogP contribution < -0.4 is 14.8 Å². The molecule has 1 N–H and O–H groups in total. The summed E-state index contributed by atoms with van der Waals surface area (Å²) in [6.45, 7) is 7.55. The summed E-state index contributed by atoms with van der Waals surface area (Å²) >= 11 is 0. The van der Waals surface area contributed by atoms with E-state index < -0.39 is 11.6 Å². The largest absolute Gasteiger partial charge is 0.497 e. The number of hydrogen-bond acceptors (Lipinski definition) is 4. The predicted octanol–water partition coefficient (Wildman–Crippen LogP) is 4.56. The van der Waals surface area contributed by atoms with E-state index in [0.717, 1.165) is 16.3 Å². The van der Waals surface area contributed by atoms with E-state index in [1.165, 1.54) is 0 Å². The second-order valence-electron chi connectivity index (χ2n) is 9.05. The van der Waals surface area contributed by atoms with Gasteiger partial charge in [-0.15, -0.1) is 0 Å². The Hall–Kier alpha value is -3.54. The molecular formula is C27H32N2O4. The third kappa shape index (κ3) is 6.48. The summed E-state index contributed by atoms with van der Waals surface area (Å²) in [4.78, 5) is 27.8. The van der Waals surface area contributed by atoms with Crippen LogP contribution in [0, 0.1) is 0 Å². The molecule has 0 heterocycles. The average Bonchev–Trinajstić information content (AvgIpc) is 2.79. The fourth-order valence-electron chi connectivity index (χ4n) is 3.57. The predicted molar refractivity (Wildman–Crippen MR) is 130 cm³/mol. The Labute approximate surface area is 195 Å². The molecule has 33 heavy (non-hydrogen) atoms. The van der Waals surface area contributed by atoms with Crippen molar-refractivity contribution in [3.8, 4) is 11.5 Å². The average molecular weight is 449 g/mol. The van der Waals surface area contributed by atoms with Gasteiger partial charge in [0.15, 0.2) is 6.61 Å². The highest BCUT2D eigenvalue weighted by Gasteiger charge is 2.28. The van der Waals surface area contributed by atoms with Crippen LogP contribution in [0.2, 0.25) is 0 Å². The van der Waals surface area contributed by atoms with E-state index in [-0.39, 0.29) is 25.0 Å². The fourth-order valence-corrected chi connectivity index (χ4v) is 3.57. The lowest BCUT2D eigenvalue weighted by atomic mass is 10.1. The Morgan fingerprint density at radius 1 is 1.00 bits per heavy atom. The van der Waals surface area contributed by atoms with Gasteiger partial charge in [0.25, 0.3) is 5.91 Å². The number of amides is 2. The number of nitrogens with zero attached hydrogens (tertiary/aromatic N) is 1. The van der Waals surface area contributed by atoms with Gasteiger partial charge >= 0.3 is 0 Å². The quantitative estimate of drug-likeness (QED) is 0.549. The molecule has 1 atom stereocenters. The maximum absolute atomic E-state index is 13.3. The van der Waals surface area contributed by atoms with Crippen molar-refractivity contribution in [2.24, 2.45) is 0 Å².